The molecule has 0 unspecified atom stereocenters. The van der Waals surface area contributed by atoms with Crippen molar-refractivity contribution >= 4 is 24.2 Å². The third-order valence-corrected chi connectivity index (χ3v) is 6.16. The van der Waals surface area contributed by atoms with E-state index in [2.05, 4.69) is 34.3 Å². The third-order valence-electron chi connectivity index (χ3n) is 6.16. The van der Waals surface area contributed by atoms with Crippen LogP contribution in [0.25, 0.3) is 0 Å². The first-order valence-electron chi connectivity index (χ1n) is 17.0. The van der Waals surface area contributed by atoms with Crippen LogP contribution in [0.2, 0.25) is 0 Å². The molecule has 2 atom stereocenters. The molecule has 2 N–H and O–H groups in total. The quantitative estimate of drug-likeness (QED) is 0.107. The fourth-order valence-corrected chi connectivity index (χ4v) is 3.87. The van der Waals surface area contributed by atoms with E-state index >= 15 is 0 Å². The number of hydrogen-bond donors (Lipinski definition) is 2. The standard InChI is InChI=1S/C15H17NO2.C9H18N2O2.C8H10O.C7H9NO2.CO2/c1-3-18-15(17)14-10-7-11-16(14)12(2)13-8-5-4-6-9-13;1-8(2,3)11-10-7(12)13-9(4,5)6;1-7(9)8-5-3-2-4-6-8;1-2-10-7(9)6-4-3-5-8-6;2-1-3/h4-12H,3H2,1-2H3;1-6H3;2-7,9H,1H3;3-5,8H,2H2,1H3;/t12-;;7-;;/m1.0../s1. The Hall–Kier alpha value is -5.65. The van der Waals surface area contributed by atoms with Gasteiger partial charge in [0.25, 0.3) is 0 Å². The SMILES string of the molecule is CC(C)(C)N=NC(=O)OC(C)(C)C.CCOC(=O)c1ccc[nH]1.CCOC(=O)c1cccn1[C@H](C)c1ccccc1.C[C@H](O)c1ccccc1.O=C=O. The molecular formula is C40H54N4O9. The Morgan fingerprint density at radius 1 is 0.774 bits per heavy atom. The molecule has 1 amide bonds. The zero-order chi connectivity index (χ0) is 40.5. The lowest BCUT2D eigenvalue weighted by Gasteiger charge is -2.17. The van der Waals surface area contributed by atoms with E-state index in [-0.39, 0.29) is 35.8 Å². The highest BCUT2D eigenvalue weighted by Crippen LogP contribution is 2.20. The fraction of sp³-hybridized carbons (Fsp3) is 0.400. The van der Waals surface area contributed by atoms with Crippen molar-refractivity contribution < 1.29 is 43.3 Å². The second kappa shape index (κ2) is 25.3. The highest BCUT2D eigenvalue weighted by molar-refractivity contribution is 5.88. The van der Waals surface area contributed by atoms with E-state index < -0.39 is 11.7 Å². The van der Waals surface area contributed by atoms with Crippen LogP contribution in [0.3, 0.4) is 0 Å². The molecule has 0 spiro atoms. The number of rotatable bonds is 7. The maximum Gasteiger partial charge on any atom is 0.452 e. The lowest BCUT2D eigenvalue weighted by atomic mass is 10.1. The summed E-state index contributed by atoms with van der Waals surface area (Å²) in [6, 6.07) is 26.9. The number of aromatic amines is 1. The minimum absolute atomic E-state index is 0.112. The molecule has 0 aliphatic carbocycles. The molecule has 2 heterocycles. The minimum Gasteiger partial charge on any atom is -0.461 e. The van der Waals surface area contributed by atoms with Crippen LogP contribution in [0.5, 0.6) is 0 Å². The minimum atomic E-state index is -0.637. The molecule has 0 aliphatic rings. The monoisotopic (exact) mass is 734 g/mol. The second-order valence-electron chi connectivity index (χ2n) is 12.9. The van der Waals surface area contributed by atoms with E-state index in [0.29, 0.717) is 24.6 Å². The van der Waals surface area contributed by atoms with Crippen molar-refractivity contribution in [2.24, 2.45) is 10.2 Å². The predicted molar refractivity (Wildman–Crippen MR) is 200 cm³/mol. The van der Waals surface area contributed by atoms with Crippen LogP contribution in [0.15, 0.2) is 108 Å². The Morgan fingerprint density at radius 2 is 1.28 bits per heavy atom. The zero-order valence-corrected chi connectivity index (χ0v) is 32.4. The van der Waals surface area contributed by atoms with Crippen molar-refractivity contribution in [2.75, 3.05) is 13.2 Å². The molecule has 0 fully saturated rings. The third kappa shape index (κ3) is 22.0. The van der Waals surface area contributed by atoms with Crippen molar-refractivity contribution in [3.63, 3.8) is 0 Å². The summed E-state index contributed by atoms with van der Waals surface area (Å²) in [5.74, 6) is -0.571. The number of azo groups is 1. The summed E-state index contributed by atoms with van der Waals surface area (Å²) in [5.41, 5.74) is 2.39. The van der Waals surface area contributed by atoms with Crippen LogP contribution in [-0.2, 0) is 23.8 Å². The summed E-state index contributed by atoms with van der Waals surface area (Å²) in [5, 5.41) is 16.3. The number of ether oxygens (including phenoxy) is 3. The summed E-state index contributed by atoms with van der Waals surface area (Å²) in [4.78, 5) is 52.7. The number of benzene rings is 2. The Balaban J connectivity index is 0.000000686. The lowest BCUT2D eigenvalue weighted by Crippen LogP contribution is -2.22. The number of aromatic nitrogens is 2. The number of hydrogen-bond acceptors (Lipinski definition) is 10. The van der Waals surface area contributed by atoms with Gasteiger partial charge in [-0.05, 0) is 105 Å². The first-order chi connectivity index (χ1) is 24.9. The Bertz CT molecular complexity index is 1650. The Morgan fingerprint density at radius 3 is 1.70 bits per heavy atom. The van der Waals surface area contributed by atoms with Crippen LogP contribution in [-0.4, -0.2) is 63.2 Å². The molecule has 2 aromatic carbocycles. The summed E-state index contributed by atoms with van der Waals surface area (Å²) in [7, 11) is 0. The number of aliphatic hydroxyl groups excluding tert-OH is 1. The average Bonchev–Trinajstić information content (AvgIpc) is 3.82. The summed E-state index contributed by atoms with van der Waals surface area (Å²) >= 11 is 0. The molecule has 13 heteroatoms. The van der Waals surface area contributed by atoms with Crippen LogP contribution < -0.4 is 0 Å². The van der Waals surface area contributed by atoms with E-state index in [0.717, 1.165) is 5.56 Å². The molecule has 4 rings (SSSR count). The normalized spacial score (nSPS) is 11.5. The Labute approximate surface area is 312 Å². The number of nitrogens with zero attached hydrogens (tertiary/aromatic N) is 3. The molecule has 0 radical (unpaired) electrons. The van der Waals surface area contributed by atoms with Crippen molar-refractivity contribution in [1.29, 1.82) is 0 Å². The smallest absolute Gasteiger partial charge is 0.452 e. The van der Waals surface area contributed by atoms with Crippen molar-refractivity contribution in [1.82, 2.24) is 9.55 Å². The van der Waals surface area contributed by atoms with Crippen LogP contribution in [0, 0.1) is 0 Å². The first kappa shape index (κ1) is 47.4. The number of carbonyl (C=O) groups is 3. The number of esters is 2. The van der Waals surface area contributed by atoms with Gasteiger partial charge in [0, 0.05) is 12.4 Å². The van der Waals surface area contributed by atoms with Gasteiger partial charge in [-0.1, -0.05) is 65.8 Å². The summed E-state index contributed by atoms with van der Waals surface area (Å²) < 4.78 is 16.6. The summed E-state index contributed by atoms with van der Waals surface area (Å²) in [6.07, 6.45) is 2.87. The van der Waals surface area contributed by atoms with Gasteiger partial charge < -0.3 is 28.9 Å². The zero-order valence-electron chi connectivity index (χ0n) is 32.4. The van der Waals surface area contributed by atoms with Crippen molar-refractivity contribution in [3.8, 4) is 0 Å². The summed E-state index contributed by atoms with van der Waals surface area (Å²) in [6.45, 7) is 19.2. The lowest BCUT2D eigenvalue weighted by molar-refractivity contribution is -0.191. The highest BCUT2D eigenvalue weighted by Gasteiger charge is 2.18. The van der Waals surface area contributed by atoms with Gasteiger partial charge >= 0.3 is 24.2 Å². The van der Waals surface area contributed by atoms with Crippen molar-refractivity contribution in [2.45, 2.75) is 92.5 Å². The Kier molecular flexibility index (Phi) is 22.6. The van der Waals surface area contributed by atoms with Gasteiger partial charge in [-0.25, -0.2) is 14.4 Å². The van der Waals surface area contributed by atoms with E-state index in [1.807, 2.05) is 93.1 Å². The molecular weight excluding hydrogens is 680 g/mol. The average molecular weight is 735 g/mol. The van der Waals surface area contributed by atoms with Gasteiger partial charge in [-0.2, -0.15) is 14.7 Å². The molecule has 0 aliphatic heterocycles. The van der Waals surface area contributed by atoms with Crippen LogP contribution in [0.1, 0.15) is 113 Å². The maximum absolute atomic E-state index is 11.8. The molecule has 0 bridgehead atoms. The van der Waals surface area contributed by atoms with Gasteiger partial charge in [-0.3, -0.25) is 0 Å². The molecule has 4 aromatic rings. The number of H-pyrrole nitrogens is 1. The van der Waals surface area contributed by atoms with Gasteiger partial charge in [-0.15, -0.1) is 0 Å². The van der Waals surface area contributed by atoms with Gasteiger partial charge in [0.05, 0.1) is 30.9 Å². The first-order valence-corrected chi connectivity index (χ1v) is 17.0. The van der Waals surface area contributed by atoms with E-state index in [1.165, 1.54) is 5.56 Å². The fourth-order valence-electron chi connectivity index (χ4n) is 3.87. The molecule has 0 saturated carbocycles. The highest BCUT2D eigenvalue weighted by atomic mass is 16.6. The molecule has 0 saturated heterocycles. The number of nitrogens with one attached hydrogen (secondary N) is 1. The van der Waals surface area contributed by atoms with Crippen molar-refractivity contribution in [3.05, 3.63) is 120 Å². The predicted octanol–water partition coefficient (Wildman–Crippen LogP) is 8.79. The van der Waals surface area contributed by atoms with Gasteiger partial charge in [0.1, 0.15) is 17.0 Å². The molecule has 288 valence electrons. The second-order valence-corrected chi connectivity index (χ2v) is 12.9. The van der Waals surface area contributed by atoms with Crippen LogP contribution in [0.4, 0.5) is 4.79 Å². The van der Waals surface area contributed by atoms with Gasteiger partial charge in [0.15, 0.2) is 0 Å². The number of amides is 1. The largest absolute Gasteiger partial charge is 0.461 e. The number of carbonyl (C=O) groups excluding carboxylic acids is 5. The molecule has 53 heavy (non-hydrogen) atoms. The van der Waals surface area contributed by atoms with E-state index in [9.17, 15) is 14.4 Å². The van der Waals surface area contributed by atoms with Crippen LogP contribution >= 0.6 is 0 Å². The van der Waals surface area contributed by atoms with E-state index in [1.54, 1.807) is 59.0 Å². The topological polar surface area (TPSA) is 179 Å². The molecule has 2 aromatic heterocycles. The number of aliphatic hydroxyl groups is 1. The maximum atomic E-state index is 11.8. The van der Waals surface area contributed by atoms with E-state index in [4.69, 9.17) is 28.9 Å². The molecule has 13 nitrogen and oxygen atoms in total. The van der Waals surface area contributed by atoms with Gasteiger partial charge in [0.2, 0.25) is 0 Å².